The van der Waals surface area contributed by atoms with Gasteiger partial charge in [-0.1, -0.05) is 19.3 Å². The van der Waals surface area contributed by atoms with Crippen LogP contribution in [0.1, 0.15) is 58.8 Å². The van der Waals surface area contributed by atoms with Crippen LogP contribution in [0.3, 0.4) is 0 Å². The summed E-state index contributed by atoms with van der Waals surface area (Å²) in [6.45, 7) is 4.70. The molecule has 1 heterocycles. The van der Waals surface area contributed by atoms with E-state index in [0.29, 0.717) is 6.42 Å². The summed E-state index contributed by atoms with van der Waals surface area (Å²) in [6, 6.07) is 0.133. The number of nitrogens with one attached hydrogen (secondary N) is 1. The molecule has 0 spiro atoms. The molecule has 1 aliphatic heterocycles. The second kappa shape index (κ2) is 5.29. The smallest absolute Gasteiger partial charge is 0.246 e. The Morgan fingerprint density at radius 2 is 1.89 bits per heavy atom. The van der Waals surface area contributed by atoms with Crippen LogP contribution in [-0.2, 0) is 9.59 Å². The minimum Gasteiger partial charge on any atom is -0.352 e. The highest BCUT2D eigenvalue weighted by atomic mass is 16.2. The van der Waals surface area contributed by atoms with Crippen molar-refractivity contribution in [3.05, 3.63) is 0 Å². The fourth-order valence-electron chi connectivity index (χ4n) is 3.25. The van der Waals surface area contributed by atoms with Crippen LogP contribution >= 0.6 is 0 Å². The first kappa shape index (κ1) is 13.4. The summed E-state index contributed by atoms with van der Waals surface area (Å²) in [5.74, 6) is 0.225. The van der Waals surface area contributed by atoms with Crippen molar-refractivity contribution in [1.29, 1.82) is 0 Å². The molecule has 2 fully saturated rings. The zero-order valence-electron chi connectivity index (χ0n) is 11.5. The van der Waals surface area contributed by atoms with Crippen molar-refractivity contribution >= 4 is 11.8 Å². The minimum atomic E-state index is -0.546. The van der Waals surface area contributed by atoms with Crippen LogP contribution in [0.5, 0.6) is 0 Å². The van der Waals surface area contributed by atoms with E-state index in [1.807, 2.05) is 18.7 Å². The van der Waals surface area contributed by atoms with Crippen molar-refractivity contribution in [2.45, 2.75) is 70.4 Å². The van der Waals surface area contributed by atoms with Crippen molar-refractivity contribution in [2.24, 2.45) is 0 Å². The fourth-order valence-corrected chi connectivity index (χ4v) is 3.25. The summed E-state index contributed by atoms with van der Waals surface area (Å²) in [5.41, 5.74) is -0.546. The summed E-state index contributed by atoms with van der Waals surface area (Å²) in [7, 11) is 0. The van der Waals surface area contributed by atoms with Gasteiger partial charge in [-0.05, 0) is 33.1 Å². The highest BCUT2D eigenvalue weighted by Gasteiger charge is 2.48. The van der Waals surface area contributed by atoms with E-state index >= 15 is 0 Å². The van der Waals surface area contributed by atoms with Gasteiger partial charge < -0.3 is 10.2 Å². The van der Waals surface area contributed by atoms with Crippen molar-refractivity contribution in [3.8, 4) is 0 Å². The molecule has 0 aromatic carbocycles. The molecule has 2 rings (SSSR count). The molecule has 1 N–H and O–H groups in total. The highest BCUT2D eigenvalue weighted by Crippen LogP contribution is 2.36. The molecule has 4 heteroatoms. The zero-order chi connectivity index (χ0) is 13.2. The van der Waals surface area contributed by atoms with Gasteiger partial charge in [0.25, 0.3) is 0 Å². The van der Waals surface area contributed by atoms with Crippen LogP contribution in [-0.4, -0.2) is 34.8 Å². The van der Waals surface area contributed by atoms with Crippen molar-refractivity contribution in [2.75, 3.05) is 6.54 Å². The Kier molecular flexibility index (Phi) is 3.93. The molecular weight excluding hydrogens is 228 g/mol. The third kappa shape index (κ3) is 2.38. The highest BCUT2D eigenvalue weighted by molar-refractivity contribution is 5.92. The lowest BCUT2D eigenvalue weighted by molar-refractivity contribution is -0.147. The van der Waals surface area contributed by atoms with E-state index in [9.17, 15) is 9.59 Å². The van der Waals surface area contributed by atoms with E-state index in [0.717, 1.165) is 38.6 Å². The number of hydrogen-bond donors (Lipinski definition) is 1. The third-order valence-corrected chi connectivity index (χ3v) is 4.11. The van der Waals surface area contributed by atoms with Crippen LogP contribution in [0.25, 0.3) is 0 Å². The maximum absolute atomic E-state index is 12.6. The Labute approximate surface area is 109 Å². The monoisotopic (exact) mass is 252 g/mol. The van der Waals surface area contributed by atoms with E-state index in [4.69, 9.17) is 0 Å². The topological polar surface area (TPSA) is 49.4 Å². The number of likely N-dealkylation sites (tertiary alicyclic amines) is 1. The van der Waals surface area contributed by atoms with Crippen LogP contribution < -0.4 is 5.32 Å². The fraction of sp³-hybridized carbons (Fsp3) is 0.857. The van der Waals surface area contributed by atoms with Gasteiger partial charge in [-0.3, -0.25) is 9.59 Å². The number of amides is 2. The van der Waals surface area contributed by atoms with E-state index in [1.165, 1.54) is 6.42 Å². The largest absolute Gasteiger partial charge is 0.352 e. The molecule has 0 aromatic heterocycles. The first-order valence-electron chi connectivity index (χ1n) is 7.18. The lowest BCUT2D eigenvalue weighted by atomic mass is 9.79. The molecule has 0 radical (unpaired) electrons. The molecule has 4 nitrogen and oxygen atoms in total. The van der Waals surface area contributed by atoms with Crippen molar-refractivity contribution < 1.29 is 9.59 Å². The average Bonchev–Trinajstić information content (AvgIpc) is 2.76. The third-order valence-electron chi connectivity index (χ3n) is 4.11. The summed E-state index contributed by atoms with van der Waals surface area (Å²) in [4.78, 5) is 26.4. The van der Waals surface area contributed by atoms with Gasteiger partial charge in [-0.25, -0.2) is 0 Å². The standard InChI is InChI=1S/C14H24N2O2/c1-11(2)15-13(18)14(8-4-3-5-9-14)16-10-6-7-12(16)17/h11H,3-10H2,1-2H3,(H,15,18). The average molecular weight is 252 g/mol. The molecule has 18 heavy (non-hydrogen) atoms. The maximum atomic E-state index is 12.6. The molecule has 2 aliphatic rings. The van der Waals surface area contributed by atoms with Gasteiger partial charge in [0.1, 0.15) is 5.54 Å². The Balaban J connectivity index is 2.22. The van der Waals surface area contributed by atoms with E-state index in [1.54, 1.807) is 0 Å². The first-order chi connectivity index (χ1) is 8.56. The SMILES string of the molecule is CC(C)NC(=O)C1(N2CCCC2=O)CCCCC1. The Bertz CT molecular complexity index is 333. The molecule has 0 unspecified atom stereocenters. The molecule has 0 bridgehead atoms. The summed E-state index contributed by atoms with van der Waals surface area (Å²) in [6.07, 6.45) is 6.45. The molecular formula is C14H24N2O2. The van der Waals surface area contributed by atoms with Crippen molar-refractivity contribution in [1.82, 2.24) is 10.2 Å². The maximum Gasteiger partial charge on any atom is 0.246 e. The van der Waals surface area contributed by atoms with Gasteiger partial charge in [0.15, 0.2) is 0 Å². The Hall–Kier alpha value is -1.06. The number of rotatable bonds is 3. The number of carbonyl (C=O) groups excluding carboxylic acids is 2. The van der Waals surface area contributed by atoms with E-state index < -0.39 is 5.54 Å². The molecule has 1 aliphatic carbocycles. The minimum absolute atomic E-state index is 0.0625. The number of carbonyl (C=O) groups is 2. The molecule has 0 aromatic rings. The number of hydrogen-bond acceptors (Lipinski definition) is 2. The lowest BCUT2D eigenvalue weighted by Crippen LogP contribution is -2.61. The van der Waals surface area contributed by atoms with Gasteiger partial charge in [0.05, 0.1) is 0 Å². The normalized spacial score (nSPS) is 23.5. The van der Waals surface area contributed by atoms with Gasteiger partial charge in [-0.15, -0.1) is 0 Å². The second-order valence-electron chi connectivity index (χ2n) is 5.87. The van der Waals surface area contributed by atoms with E-state index in [2.05, 4.69) is 5.32 Å². The second-order valence-corrected chi connectivity index (χ2v) is 5.87. The zero-order valence-corrected chi connectivity index (χ0v) is 11.5. The van der Waals surface area contributed by atoms with Gasteiger partial charge in [-0.2, -0.15) is 0 Å². The summed E-state index contributed by atoms with van der Waals surface area (Å²) >= 11 is 0. The van der Waals surface area contributed by atoms with Crippen LogP contribution in [0, 0.1) is 0 Å². The van der Waals surface area contributed by atoms with Gasteiger partial charge in [0.2, 0.25) is 11.8 Å². The molecule has 0 atom stereocenters. The van der Waals surface area contributed by atoms with Crippen LogP contribution in [0.4, 0.5) is 0 Å². The van der Waals surface area contributed by atoms with Crippen molar-refractivity contribution in [3.63, 3.8) is 0 Å². The predicted molar refractivity (Wildman–Crippen MR) is 70.0 cm³/mol. The number of nitrogens with zero attached hydrogens (tertiary/aromatic N) is 1. The quantitative estimate of drug-likeness (QED) is 0.833. The van der Waals surface area contributed by atoms with E-state index in [-0.39, 0.29) is 17.9 Å². The summed E-state index contributed by atoms with van der Waals surface area (Å²) in [5, 5.41) is 3.02. The molecule has 2 amide bonds. The molecule has 1 saturated carbocycles. The Morgan fingerprint density at radius 3 is 2.39 bits per heavy atom. The first-order valence-corrected chi connectivity index (χ1v) is 7.18. The molecule has 1 saturated heterocycles. The molecule has 102 valence electrons. The van der Waals surface area contributed by atoms with Gasteiger partial charge >= 0.3 is 0 Å². The Morgan fingerprint density at radius 1 is 1.22 bits per heavy atom. The van der Waals surface area contributed by atoms with Crippen LogP contribution in [0.15, 0.2) is 0 Å². The predicted octanol–water partition coefficient (Wildman–Crippen LogP) is 1.84. The lowest BCUT2D eigenvalue weighted by Gasteiger charge is -2.43. The van der Waals surface area contributed by atoms with Gasteiger partial charge in [0, 0.05) is 19.0 Å². The summed E-state index contributed by atoms with van der Waals surface area (Å²) < 4.78 is 0. The van der Waals surface area contributed by atoms with Crippen LogP contribution in [0.2, 0.25) is 0 Å².